The summed E-state index contributed by atoms with van der Waals surface area (Å²) in [6, 6.07) is 17.6. The number of carbonyl (C=O) groups excluding carboxylic acids is 1. The molecule has 0 bridgehead atoms. The first kappa shape index (κ1) is 19.4. The Labute approximate surface area is 180 Å². The lowest BCUT2D eigenvalue weighted by Crippen LogP contribution is -2.48. The predicted octanol–water partition coefficient (Wildman–Crippen LogP) is 3.55. The Kier molecular flexibility index (Phi) is 5.18. The zero-order valence-corrected chi connectivity index (χ0v) is 17.4. The first-order chi connectivity index (χ1) is 15.2. The number of rotatable bonds is 4. The third kappa shape index (κ3) is 4.04. The molecular formula is C24H23N5O2. The van der Waals surface area contributed by atoms with Gasteiger partial charge in [0.1, 0.15) is 0 Å². The number of pyridine rings is 1. The summed E-state index contributed by atoms with van der Waals surface area (Å²) in [6.07, 6.45) is 1.70. The lowest BCUT2D eigenvalue weighted by Gasteiger charge is -2.34. The molecule has 31 heavy (non-hydrogen) atoms. The topological polar surface area (TPSA) is 75.4 Å². The number of piperazine rings is 1. The summed E-state index contributed by atoms with van der Waals surface area (Å²) in [6.45, 7) is 5.48. The van der Waals surface area contributed by atoms with Crippen LogP contribution in [0.4, 0.5) is 0 Å². The number of fused-ring (bicyclic) bond motifs is 1. The molecule has 0 atom stereocenters. The van der Waals surface area contributed by atoms with Gasteiger partial charge >= 0.3 is 0 Å². The van der Waals surface area contributed by atoms with Crippen molar-refractivity contribution in [2.75, 3.05) is 26.2 Å². The molecule has 7 nitrogen and oxygen atoms in total. The van der Waals surface area contributed by atoms with Crippen LogP contribution in [0.3, 0.4) is 0 Å². The van der Waals surface area contributed by atoms with Crippen molar-refractivity contribution >= 4 is 16.8 Å². The lowest BCUT2D eigenvalue weighted by molar-refractivity contribution is 0.0617. The van der Waals surface area contributed by atoms with E-state index >= 15 is 0 Å². The fourth-order valence-electron chi connectivity index (χ4n) is 3.89. The number of aromatic nitrogens is 3. The number of carbonyl (C=O) groups is 1. The van der Waals surface area contributed by atoms with Gasteiger partial charge in [-0.15, -0.1) is 0 Å². The summed E-state index contributed by atoms with van der Waals surface area (Å²) in [7, 11) is 0. The highest BCUT2D eigenvalue weighted by molar-refractivity contribution is 6.06. The molecule has 7 heteroatoms. The molecule has 1 aliphatic heterocycles. The molecule has 1 saturated heterocycles. The number of amides is 1. The van der Waals surface area contributed by atoms with Crippen molar-refractivity contribution < 1.29 is 9.32 Å². The standard InChI is InChI=1S/C24H23N5O2/c1-17-6-8-18(9-7-17)23-26-22(31-27-23)16-28-12-14-29(15-13-28)24(30)20-10-11-25-21-5-3-2-4-19(20)21/h2-11H,12-16H2,1H3. The van der Waals surface area contributed by atoms with Crippen LogP contribution >= 0.6 is 0 Å². The average molecular weight is 413 g/mol. The maximum atomic E-state index is 13.1. The van der Waals surface area contributed by atoms with Crippen LogP contribution in [0.2, 0.25) is 0 Å². The van der Waals surface area contributed by atoms with Gasteiger partial charge in [0.25, 0.3) is 5.91 Å². The van der Waals surface area contributed by atoms with E-state index in [9.17, 15) is 4.79 Å². The first-order valence-corrected chi connectivity index (χ1v) is 10.4. The summed E-state index contributed by atoms with van der Waals surface area (Å²) in [5.74, 6) is 1.25. The van der Waals surface area contributed by atoms with Gasteiger partial charge in [-0.3, -0.25) is 14.7 Å². The predicted molar refractivity (Wildman–Crippen MR) is 117 cm³/mol. The van der Waals surface area contributed by atoms with Crippen LogP contribution in [0.15, 0.2) is 65.3 Å². The van der Waals surface area contributed by atoms with E-state index in [1.165, 1.54) is 5.56 Å². The van der Waals surface area contributed by atoms with Crippen molar-refractivity contribution in [3.05, 3.63) is 77.8 Å². The SMILES string of the molecule is Cc1ccc(-c2noc(CN3CCN(C(=O)c4ccnc5ccccc45)CC3)n2)cc1. The third-order valence-electron chi connectivity index (χ3n) is 5.68. The van der Waals surface area contributed by atoms with E-state index in [-0.39, 0.29) is 5.91 Å². The molecule has 1 aliphatic rings. The number of hydrogen-bond acceptors (Lipinski definition) is 6. The van der Waals surface area contributed by atoms with Gasteiger partial charge < -0.3 is 9.42 Å². The molecular weight excluding hydrogens is 390 g/mol. The molecule has 2 aromatic carbocycles. The van der Waals surface area contributed by atoms with Crippen LogP contribution in [0.1, 0.15) is 21.8 Å². The Hall–Kier alpha value is -3.58. The first-order valence-electron chi connectivity index (χ1n) is 10.4. The molecule has 4 aromatic rings. The highest BCUT2D eigenvalue weighted by Crippen LogP contribution is 2.20. The molecule has 1 fully saturated rings. The quantitative estimate of drug-likeness (QED) is 0.509. The monoisotopic (exact) mass is 413 g/mol. The molecule has 1 amide bonds. The fourth-order valence-corrected chi connectivity index (χ4v) is 3.89. The van der Waals surface area contributed by atoms with Crippen LogP contribution in [-0.4, -0.2) is 57.0 Å². The molecule has 0 spiro atoms. The van der Waals surface area contributed by atoms with Gasteiger partial charge in [0, 0.05) is 43.3 Å². The maximum Gasteiger partial charge on any atom is 0.254 e. The summed E-state index contributed by atoms with van der Waals surface area (Å²) in [5.41, 5.74) is 3.69. The van der Waals surface area contributed by atoms with Crippen LogP contribution in [0, 0.1) is 6.92 Å². The summed E-state index contributed by atoms with van der Waals surface area (Å²) < 4.78 is 5.45. The Balaban J connectivity index is 1.22. The fraction of sp³-hybridized carbons (Fsp3) is 0.250. The second-order valence-corrected chi connectivity index (χ2v) is 7.82. The van der Waals surface area contributed by atoms with E-state index in [1.807, 2.05) is 66.4 Å². The zero-order chi connectivity index (χ0) is 21.2. The highest BCUT2D eigenvalue weighted by atomic mass is 16.5. The molecule has 0 unspecified atom stereocenters. The van der Waals surface area contributed by atoms with Gasteiger partial charge in [0.15, 0.2) is 0 Å². The molecule has 0 N–H and O–H groups in total. The minimum atomic E-state index is 0.0534. The van der Waals surface area contributed by atoms with Crippen LogP contribution in [-0.2, 0) is 6.54 Å². The summed E-state index contributed by atoms with van der Waals surface area (Å²) in [5, 5.41) is 5.01. The van der Waals surface area contributed by atoms with Crippen molar-refractivity contribution in [2.45, 2.75) is 13.5 Å². The molecule has 2 aromatic heterocycles. The Morgan fingerprint density at radius 1 is 1.00 bits per heavy atom. The Bertz CT molecular complexity index is 1200. The van der Waals surface area contributed by atoms with Gasteiger partial charge in [0.05, 0.1) is 17.6 Å². The second-order valence-electron chi connectivity index (χ2n) is 7.82. The van der Waals surface area contributed by atoms with Crippen LogP contribution in [0.25, 0.3) is 22.3 Å². The second kappa shape index (κ2) is 8.28. The molecule has 5 rings (SSSR count). The van der Waals surface area contributed by atoms with Gasteiger partial charge in [-0.05, 0) is 19.1 Å². The number of hydrogen-bond donors (Lipinski definition) is 0. The van der Waals surface area contributed by atoms with Crippen molar-refractivity contribution in [3.8, 4) is 11.4 Å². The minimum Gasteiger partial charge on any atom is -0.338 e. The molecule has 156 valence electrons. The van der Waals surface area contributed by atoms with Gasteiger partial charge in [-0.1, -0.05) is 53.2 Å². The van der Waals surface area contributed by atoms with Gasteiger partial charge in [-0.2, -0.15) is 4.98 Å². The molecule has 3 heterocycles. The van der Waals surface area contributed by atoms with Crippen molar-refractivity contribution in [3.63, 3.8) is 0 Å². The summed E-state index contributed by atoms with van der Waals surface area (Å²) >= 11 is 0. The normalized spacial score (nSPS) is 14.8. The van der Waals surface area contributed by atoms with Crippen molar-refractivity contribution in [2.24, 2.45) is 0 Å². The lowest BCUT2D eigenvalue weighted by atomic mass is 10.1. The average Bonchev–Trinajstić information content (AvgIpc) is 3.27. The van der Waals surface area contributed by atoms with E-state index < -0.39 is 0 Å². The van der Waals surface area contributed by atoms with Crippen LogP contribution in [0.5, 0.6) is 0 Å². The summed E-state index contributed by atoms with van der Waals surface area (Å²) in [4.78, 5) is 26.1. The van der Waals surface area contributed by atoms with Gasteiger partial charge in [-0.25, -0.2) is 0 Å². The van der Waals surface area contributed by atoms with E-state index in [2.05, 4.69) is 20.0 Å². The molecule has 0 aliphatic carbocycles. The number of benzene rings is 2. The number of aryl methyl sites for hydroxylation is 1. The van der Waals surface area contributed by atoms with Crippen molar-refractivity contribution in [1.29, 1.82) is 0 Å². The van der Waals surface area contributed by atoms with E-state index in [1.54, 1.807) is 6.20 Å². The smallest absolute Gasteiger partial charge is 0.254 e. The third-order valence-corrected chi connectivity index (χ3v) is 5.68. The maximum absolute atomic E-state index is 13.1. The molecule has 0 saturated carbocycles. The van der Waals surface area contributed by atoms with Crippen molar-refractivity contribution in [1.82, 2.24) is 24.9 Å². The zero-order valence-electron chi connectivity index (χ0n) is 17.4. The number of para-hydroxylation sites is 1. The van der Waals surface area contributed by atoms with E-state index in [4.69, 9.17) is 4.52 Å². The van der Waals surface area contributed by atoms with E-state index in [0.29, 0.717) is 36.9 Å². The largest absolute Gasteiger partial charge is 0.338 e. The minimum absolute atomic E-state index is 0.0534. The Morgan fingerprint density at radius 3 is 2.58 bits per heavy atom. The number of nitrogens with zero attached hydrogens (tertiary/aromatic N) is 5. The van der Waals surface area contributed by atoms with E-state index in [0.717, 1.165) is 29.6 Å². The van der Waals surface area contributed by atoms with Crippen LogP contribution < -0.4 is 0 Å². The van der Waals surface area contributed by atoms with Gasteiger partial charge in [0.2, 0.25) is 11.7 Å². The Morgan fingerprint density at radius 2 is 1.77 bits per heavy atom. The highest BCUT2D eigenvalue weighted by Gasteiger charge is 2.24. The molecule has 0 radical (unpaired) electrons.